The number of rotatable bonds is 6. The van der Waals surface area contributed by atoms with Crippen molar-refractivity contribution in [3.63, 3.8) is 0 Å². The number of ether oxygens (including phenoxy) is 1. The molecule has 3 heteroatoms. The number of hydrogen-bond donors (Lipinski definition) is 1. The van der Waals surface area contributed by atoms with Crippen LogP contribution in [0.3, 0.4) is 0 Å². The molecule has 1 aromatic carbocycles. The first-order chi connectivity index (χ1) is 9.67. The van der Waals surface area contributed by atoms with Crippen LogP contribution in [0.2, 0.25) is 0 Å². The lowest BCUT2D eigenvalue weighted by molar-refractivity contribution is 0.304. The molecule has 2 aromatic rings. The number of pyridine rings is 1. The first-order valence-electron chi connectivity index (χ1n) is 7.06. The van der Waals surface area contributed by atoms with Crippen LogP contribution in [0.5, 0.6) is 5.75 Å². The fraction of sp³-hybridized carbons (Fsp3) is 0.353. The Hall–Kier alpha value is -1.87. The van der Waals surface area contributed by atoms with E-state index in [2.05, 4.69) is 37.0 Å². The summed E-state index contributed by atoms with van der Waals surface area (Å²) >= 11 is 0. The van der Waals surface area contributed by atoms with E-state index in [1.807, 2.05) is 18.2 Å². The van der Waals surface area contributed by atoms with Gasteiger partial charge >= 0.3 is 0 Å². The molecule has 1 heterocycles. The third-order valence-corrected chi connectivity index (χ3v) is 3.28. The first kappa shape index (κ1) is 14.5. The van der Waals surface area contributed by atoms with Crippen molar-refractivity contribution in [3.8, 4) is 5.75 Å². The molecule has 1 aromatic heterocycles. The molecule has 2 rings (SSSR count). The monoisotopic (exact) mass is 270 g/mol. The number of hydrogen-bond acceptors (Lipinski definition) is 3. The van der Waals surface area contributed by atoms with E-state index in [0.29, 0.717) is 6.61 Å². The van der Waals surface area contributed by atoms with E-state index in [1.165, 1.54) is 11.1 Å². The lowest BCUT2D eigenvalue weighted by Gasteiger charge is -2.09. The Morgan fingerprint density at radius 1 is 1.25 bits per heavy atom. The van der Waals surface area contributed by atoms with E-state index >= 15 is 0 Å². The zero-order chi connectivity index (χ0) is 14.4. The van der Waals surface area contributed by atoms with E-state index in [0.717, 1.165) is 24.3 Å². The summed E-state index contributed by atoms with van der Waals surface area (Å²) in [5.41, 5.74) is 9.35. The second kappa shape index (κ2) is 7.06. The number of aryl methyl sites for hydroxylation is 1. The normalized spacial score (nSPS) is 12.2. The van der Waals surface area contributed by atoms with Crippen LogP contribution in [0.1, 0.15) is 30.2 Å². The fourth-order valence-corrected chi connectivity index (χ4v) is 2.00. The lowest BCUT2D eigenvalue weighted by Crippen LogP contribution is -2.21. The quantitative estimate of drug-likeness (QED) is 0.876. The number of nitrogens with two attached hydrogens (primary N) is 1. The molecular weight excluding hydrogens is 248 g/mol. The molecule has 0 saturated heterocycles. The Kier molecular flexibility index (Phi) is 5.13. The van der Waals surface area contributed by atoms with Crippen LogP contribution in [0.15, 0.2) is 42.6 Å². The minimum absolute atomic E-state index is 0.182. The Morgan fingerprint density at radius 3 is 2.75 bits per heavy atom. The second-order valence-corrected chi connectivity index (χ2v) is 5.14. The second-order valence-electron chi connectivity index (χ2n) is 5.14. The fourth-order valence-electron chi connectivity index (χ4n) is 2.00. The van der Waals surface area contributed by atoms with Crippen molar-refractivity contribution >= 4 is 0 Å². The number of aromatic nitrogens is 1. The van der Waals surface area contributed by atoms with E-state index in [9.17, 15) is 0 Å². The minimum atomic E-state index is 0.182. The predicted molar refractivity (Wildman–Crippen MR) is 81.7 cm³/mol. The SMILES string of the molecule is CCC(N)Cc1ccc(OCc2cccc(C)c2)cn1. The zero-order valence-corrected chi connectivity index (χ0v) is 12.2. The molecule has 2 N–H and O–H groups in total. The third kappa shape index (κ3) is 4.35. The maximum atomic E-state index is 5.92. The van der Waals surface area contributed by atoms with Crippen molar-refractivity contribution in [1.82, 2.24) is 4.98 Å². The molecule has 0 saturated carbocycles. The molecule has 106 valence electrons. The molecule has 1 unspecified atom stereocenters. The maximum absolute atomic E-state index is 5.92. The van der Waals surface area contributed by atoms with Gasteiger partial charge in [0.15, 0.2) is 0 Å². The highest BCUT2D eigenvalue weighted by Crippen LogP contribution is 2.13. The minimum Gasteiger partial charge on any atom is -0.487 e. The largest absolute Gasteiger partial charge is 0.487 e. The molecule has 0 spiro atoms. The predicted octanol–water partition coefficient (Wildman–Crippen LogP) is 3.25. The summed E-state index contributed by atoms with van der Waals surface area (Å²) in [7, 11) is 0. The molecule has 0 bridgehead atoms. The number of nitrogens with zero attached hydrogens (tertiary/aromatic N) is 1. The Balaban J connectivity index is 1.90. The van der Waals surface area contributed by atoms with Crippen LogP contribution >= 0.6 is 0 Å². The summed E-state index contributed by atoms with van der Waals surface area (Å²) in [6.45, 7) is 4.73. The smallest absolute Gasteiger partial charge is 0.138 e. The standard InChI is InChI=1S/C17H22N2O/c1-3-15(18)10-16-7-8-17(11-19-16)20-12-14-6-4-5-13(2)9-14/h4-9,11,15H,3,10,12,18H2,1-2H3. The van der Waals surface area contributed by atoms with Gasteiger partial charge in [0.2, 0.25) is 0 Å². The van der Waals surface area contributed by atoms with Crippen molar-refractivity contribution in [2.24, 2.45) is 5.73 Å². The molecule has 0 aliphatic heterocycles. The molecule has 3 nitrogen and oxygen atoms in total. The van der Waals surface area contributed by atoms with Crippen LogP contribution < -0.4 is 10.5 Å². The third-order valence-electron chi connectivity index (χ3n) is 3.28. The Labute approximate surface area is 120 Å². The molecule has 1 atom stereocenters. The van der Waals surface area contributed by atoms with E-state index in [4.69, 9.17) is 10.5 Å². The van der Waals surface area contributed by atoms with Gasteiger partial charge in [-0.2, -0.15) is 0 Å². The maximum Gasteiger partial charge on any atom is 0.138 e. The van der Waals surface area contributed by atoms with Crippen LogP contribution in [-0.2, 0) is 13.0 Å². The van der Waals surface area contributed by atoms with Crippen LogP contribution in [0.4, 0.5) is 0 Å². The van der Waals surface area contributed by atoms with Gasteiger partial charge < -0.3 is 10.5 Å². The summed E-state index contributed by atoms with van der Waals surface area (Å²) in [4.78, 5) is 4.39. The van der Waals surface area contributed by atoms with Gasteiger partial charge in [-0.25, -0.2) is 0 Å². The van der Waals surface area contributed by atoms with Crippen molar-refractivity contribution in [3.05, 3.63) is 59.4 Å². The Bertz CT molecular complexity index is 537. The average Bonchev–Trinajstić information content (AvgIpc) is 2.46. The van der Waals surface area contributed by atoms with Gasteiger partial charge in [0.25, 0.3) is 0 Å². The topological polar surface area (TPSA) is 48.1 Å². The Morgan fingerprint density at radius 2 is 2.10 bits per heavy atom. The summed E-state index contributed by atoms with van der Waals surface area (Å²) < 4.78 is 5.74. The molecule has 0 fully saturated rings. The van der Waals surface area contributed by atoms with Gasteiger partial charge in [0.05, 0.1) is 6.20 Å². The van der Waals surface area contributed by atoms with Gasteiger partial charge in [-0.1, -0.05) is 36.8 Å². The molecule has 0 aliphatic rings. The van der Waals surface area contributed by atoms with E-state index < -0.39 is 0 Å². The summed E-state index contributed by atoms with van der Waals surface area (Å²) in [5.74, 6) is 0.792. The average molecular weight is 270 g/mol. The number of benzene rings is 1. The van der Waals surface area contributed by atoms with Crippen molar-refractivity contribution in [2.75, 3.05) is 0 Å². The van der Waals surface area contributed by atoms with Crippen LogP contribution in [0, 0.1) is 6.92 Å². The van der Waals surface area contributed by atoms with Crippen molar-refractivity contribution in [2.45, 2.75) is 39.3 Å². The van der Waals surface area contributed by atoms with Gasteiger partial charge in [0.1, 0.15) is 12.4 Å². The van der Waals surface area contributed by atoms with Gasteiger partial charge in [-0.3, -0.25) is 4.98 Å². The highest BCUT2D eigenvalue weighted by atomic mass is 16.5. The molecule has 0 aliphatic carbocycles. The first-order valence-corrected chi connectivity index (χ1v) is 7.06. The van der Waals surface area contributed by atoms with Gasteiger partial charge in [-0.05, 0) is 31.0 Å². The highest BCUT2D eigenvalue weighted by Gasteiger charge is 2.03. The van der Waals surface area contributed by atoms with Crippen molar-refractivity contribution < 1.29 is 4.74 Å². The van der Waals surface area contributed by atoms with Crippen molar-refractivity contribution in [1.29, 1.82) is 0 Å². The molecular formula is C17H22N2O. The highest BCUT2D eigenvalue weighted by molar-refractivity contribution is 5.24. The van der Waals surface area contributed by atoms with Crippen LogP contribution in [0.25, 0.3) is 0 Å². The zero-order valence-electron chi connectivity index (χ0n) is 12.2. The van der Waals surface area contributed by atoms with E-state index in [-0.39, 0.29) is 6.04 Å². The van der Waals surface area contributed by atoms with Gasteiger partial charge in [-0.15, -0.1) is 0 Å². The van der Waals surface area contributed by atoms with Crippen LogP contribution in [-0.4, -0.2) is 11.0 Å². The summed E-state index contributed by atoms with van der Waals surface area (Å²) in [6, 6.07) is 12.4. The molecule has 0 radical (unpaired) electrons. The van der Waals surface area contributed by atoms with E-state index in [1.54, 1.807) is 6.20 Å². The lowest BCUT2D eigenvalue weighted by atomic mass is 10.1. The summed E-state index contributed by atoms with van der Waals surface area (Å²) in [5, 5.41) is 0. The molecule has 0 amide bonds. The summed E-state index contributed by atoms with van der Waals surface area (Å²) in [6.07, 6.45) is 3.55. The van der Waals surface area contributed by atoms with Gasteiger partial charge in [0, 0.05) is 18.2 Å². The molecule has 20 heavy (non-hydrogen) atoms.